The minimum Gasteiger partial charge on any atom is -0.352 e. The van der Waals surface area contributed by atoms with Crippen LogP contribution in [0.25, 0.3) is 11.4 Å². The maximum atomic E-state index is 13.0. The highest BCUT2D eigenvalue weighted by atomic mass is 32.2. The summed E-state index contributed by atoms with van der Waals surface area (Å²) in [5.41, 5.74) is 0.669. The van der Waals surface area contributed by atoms with Crippen LogP contribution in [0.15, 0.2) is 29.4 Å². The molecule has 1 aliphatic rings. The van der Waals surface area contributed by atoms with E-state index in [4.69, 9.17) is 5.84 Å². The molecule has 3 rings (SSSR count). The molecule has 26 heavy (non-hydrogen) atoms. The van der Waals surface area contributed by atoms with E-state index in [1.54, 1.807) is 12.1 Å². The zero-order chi connectivity index (χ0) is 18.7. The minimum atomic E-state index is -0.325. The molecule has 0 spiro atoms. The molecule has 0 radical (unpaired) electrons. The quantitative estimate of drug-likeness (QED) is 0.618. The van der Waals surface area contributed by atoms with E-state index in [2.05, 4.69) is 29.4 Å². The normalized spacial score (nSPS) is 23.0. The summed E-state index contributed by atoms with van der Waals surface area (Å²) in [6.45, 7) is 4.44. The number of hydrogen-bond donors (Lipinski definition) is 2. The van der Waals surface area contributed by atoms with Crippen LogP contribution in [-0.2, 0) is 4.79 Å². The Balaban J connectivity index is 1.58. The van der Waals surface area contributed by atoms with Gasteiger partial charge in [-0.1, -0.05) is 38.5 Å². The van der Waals surface area contributed by atoms with E-state index in [1.807, 2.05) is 0 Å². The maximum Gasteiger partial charge on any atom is 0.230 e. The SMILES string of the molecule is C[C@@H]1[C@@H](C)CCC[C@H]1NC(=O)CSc1nnc(-c2ccc(F)cc2)n1N. The molecule has 8 heteroatoms. The van der Waals surface area contributed by atoms with Crippen molar-refractivity contribution in [1.82, 2.24) is 20.2 Å². The molecule has 6 nitrogen and oxygen atoms in total. The molecule has 0 bridgehead atoms. The molecule has 140 valence electrons. The van der Waals surface area contributed by atoms with Crippen LogP contribution in [0.4, 0.5) is 4.39 Å². The average Bonchev–Trinajstić information content (AvgIpc) is 2.99. The Morgan fingerprint density at radius 3 is 2.77 bits per heavy atom. The molecule has 1 aromatic heterocycles. The lowest BCUT2D eigenvalue weighted by atomic mass is 9.78. The third-order valence-electron chi connectivity index (χ3n) is 5.15. The molecule has 3 atom stereocenters. The van der Waals surface area contributed by atoms with Crippen molar-refractivity contribution in [1.29, 1.82) is 0 Å². The van der Waals surface area contributed by atoms with Crippen molar-refractivity contribution in [3.8, 4) is 11.4 Å². The number of amides is 1. The van der Waals surface area contributed by atoms with E-state index >= 15 is 0 Å². The molecule has 1 fully saturated rings. The summed E-state index contributed by atoms with van der Waals surface area (Å²) < 4.78 is 14.4. The Morgan fingerprint density at radius 2 is 2.04 bits per heavy atom. The number of nitrogens with one attached hydrogen (secondary N) is 1. The molecule has 1 amide bonds. The van der Waals surface area contributed by atoms with E-state index in [9.17, 15) is 9.18 Å². The van der Waals surface area contributed by atoms with Crippen LogP contribution in [0.5, 0.6) is 0 Å². The van der Waals surface area contributed by atoms with Gasteiger partial charge in [0.2, 0.25) is 11.1 Å². The number of carbonyl (C=O) groups is 1. The molecule has 1 heterocycles. The highest BCUT2D eigenvalue weighted by molar-refractivity contribution is 7.99. The summed E-state index contributed by atoms with van der Waals surface area (Å²) >= 11 is 1.24. The molecule has 0 unspecified atom stereocenters. The Labute approximate surface area is 156 Å². The van der Waals surface area contributed by atoms with E-state index < -0.39 is 0 Å². The zero-order valence-electron chi connectivity index (χ0n) is 15.0. The predicted octanol–water partition coefficient (Wildman–Crippen LogP) is 2.83. The summed E-state index contributed by atoms with van der Waals surface area (Å²) in [5, 5.41) is 11.7. The lowest BCUT2D eigenvalue weighted by Crippen LogP contribution is -2.44. The minimum absolute atomic E-state index is 0.0210. The first-order valence-corrected chi connectivity index (χ1v) is 9.83. The molecule has 1 aromatic carbocycles. The Bertz CT molecular complexity index is 763. The number of rotatable bonds is 5. The number of thioether (sulfide) groups is 1. The van der Waals surface area contributed by atoms with E-state index in [-0.39, 0.29) is 23.5 Å². The van der Waals surface area contributed by atoms with Gasteiger partial charge in [0.1, 0.15) is 5.82 Å². The molecule has 0 aliphatic heterocycles. The second-order valence-electron chi connectivity index (χ2n) is 6.91. The van der Waals surface area contributed by atoms with Crippen LogP contribution in [-0.4, -0.2) is 32.6 Å². The Kier molecular flexibility index (Phi) is 5.80. The summed E-state index contributed by atoms with van der Waals surface area (Å²) in [4.78, 5) is 12.3. The van der Waals surface area contributed by atoms with E-state index in [0.29, 0.717) is 28.4 Å². The van der Waals surface area contributed by atoms with Crippen molar-refractivity contribution in [2.45, 2.75) is 44.3 Å². The lowest BCUT2D eigenvalue weighted by molar-refractivity contribution is -0.120. The van der Waals surface area contributed by atoms with Gasteiger partial charge in [-0.25, -0.2) is 9.07 Å². The third kappa shape index (κ3) is 4.17. The lowest BCUT2D eigenvalue weighted by Gasteiger charge is -2.34. The fraction of sp³-hybridized carbons (Fsp3) is 0.500. The van der Waals surface area contributed by atoms with Crippen LogP contribution in [0.3, 0.4) is 0 Å². The summed E-state index contributed by atoms with van der Waals surface area (Å²) in [6.07, 6.45) is 3.41. The standard InChI is InChI=1S/C18H24FN5OS/c1-11-4-3-5-15(12(11)2)21-16(25)10-26-18-23-22-17(24(18)20)13-6-8-14(19)9-7-13/h6-9,11-12,15H,3-5,10,20H2,1-2H3,(H,21,25)/t11-,12+,15+/m0/s1. The van der Waals surface area contributed by atoms with Gasteiger partial charge in [0, 0.05) is 11.6 Å². The third-order valence-corrected chi connectivity index (χ3v) is 6.10. The van der Waals surface area contributed by atoms with Gasteiger partial charge < -0.3 is 11.2 Å². The van der Waals surface area contributed by atoms with Crippen LogP contribution in [0, 0.1) is 17.7 Å². The van der Waals surface area contributed by atoms with Crippen LogP contribution in [0.2, 0.25) is 0 Å². The molecular formula is C18H24FN5OS. The van der Waals surface area contributed by atoms with Crippen molar-refractivity contribution in [3.05, 3.63) is 30.1 Å². The van der Waals surface area contributed by atoms with Crippen molar-refractivity contribution >= 4 is 17.7 Å². The predicted molar refractivity (Wildman–Crippen MR) is 100 cm³/mol. The van der Waals surface area contributed by atoms with Crippen LogP contribution < -0.4 is 11.2 Å². The molecule has 1 saturated carbocycles. The summed E-state index contributed by atoms with van der Waals surface area (Å²) in [7, 11) is 0. The van der Waals surface area contributed by atoms with Crippen molar-refractivity contribution < 1.29 is 9.18 Å². The van der Waals surface area contributed by atoms with Gasteiger partial charge in [0.25, 0.3) is 0 Å². The van der Waals surface area contributed by atoms with Gasteiger partial charge in [0.05, 0.1) is 5.75 Å². The van der Waals surface area contributed by atoms with Crippen LogP contribution in [0.1, 0.15) is 33.1 Å². The molecule has 0 saturated heterocycles. The Hall–Kier alpha value is -2.09. The number of hydrogen-bond acceptors (Lipinski definition) is 5. The van der Waals surface area contributed by atoms with Gasteiger partial charge in [-0.05, 0) is 42.5 Å². The van der Waals surface area contributed by atoms with Gasteiger partial charge in [-0.3, -0.25) is 4.79 Å². The van der Waals surface area contributed by atoms with Gasteiger partial charge >= 0.3 is 0 Å². The summed E-state index contributed by atoms with van der Waals surface area (Å²) in [5.74, 6) is 7.47. The topological polar surface area (TPSA) is 85.8 Å². The smallest absolute Gasteiger partial charge is 0.230 e. The first kappa shape index (κ1) is 18.7. The maximum absolute atomic E-state index is 13.0. The zero-order valence-corrected chi connectivity index (χ0v) is 15.8. The summed E-state index contributed by atoms with van der Waals surface area (Å²) in [6, 6.07) is 6.11. The molecule has 1 aliphatic carbocycles. The van der Waals surface area contributed by atoms with E-state index in [0.717, 1.165) is 12.8 Å². The number of carbonyl (C=O) groups excluding carboxylic acids is 1. The number of nitrogens with two attached hydrogens (primary N) is 1. The number of nitrogens with zero attached hydrogens (tertiary/aromatic N) is 3. The first-order valence-electron chi connectivity index (χ1n) is 8.84. The Morgan fingerprint density at radius 1 is 1.31 bits per heavy atom. The van der Waals surface area contributed by atoms with Crippen molar-refractivity contribution in [3.63, 3.8) is 0 Å². The van der Waals surface area contributed by atoms with Gasteiger partial charge in [0.15, 0.2) is 5.82 Å². The number of halogens is 1. The number of benzene rings is 1. The van der Waals surface area contributed by atoms with Crippen LogP contribution >= 0.6 is 11.8 Å². The van der Waals surface area contributed by atoms with Crippen molar-refractivity contribution in [2.24, 2.45) is 11.8 Å². The number of nitrogen functional groups attached to an aromatic ring is 1. The van der Waals surface area contributed by atoms with E-state index in [1.165, 1.54) is 35.0 Å². The highest BCUT2D eigenvalue weighted by Crippen LogP contribution is 2.29. The average molecular weight is 377 g/mol. The van der Waals surface area contributed by atoms with Gasteiger partial charge in [-0.2, -0.15) is 0 Å². The second kappa shape index (κ2) is 8.07. The monoisotopic (exact) mass is 377 g/mol. The highest BCUT2D eigenvalue weighted by Gasteiger charge is 2.28. The van der Waals surface area contributed by atoms with Gasteiger partial charge in [-0.15, -0.1) is 10.2 Å². The fourth-order valence-corrected chi connectivity index (χ4v) is 4.00. The molecule has 3 N–H and O–H groups in total. The fourth-order valence-electron chi connectivity index (χ4n) is 3.34. The van der Waals surface area contributed by atoms with Crippen molar-refractivity contribution in [2.75, 3.05) is 11.6 Å². The molecular weight excluding hydrogens is 353 g/mol. The largest absolute Gasteiger partial charge is 0.352 e. The molecule has 2 aromatic rings. The first-order chi connectivity index (χ1) is 12.5. The second-order valence-corrected chi connectivity index (χ2v) is 7.86. The number of aromatic nitrogens is 3.